The molecule has 6 nitrogen and oxygen atoms in total. The van der Waals surface area contributed by atoms with Crippen LogP contribution in [0.25, 0.3) is 0 Å². The van der Waals surface area contributed by atoms with Gasteiger partial charge < -0.3 is 10.0 Å². The zero-order valence-corrected chi connectivity index (χ0v) is 11.2. The summed E-state index contributed by atoms with van der Waals surface area (Å²) in [5.74, 6) is -5.00. The minimum Gasteiger partial charge on any atom is -0.480 e. The highest BCUT2D eigenvalue weighted by Gasteiger charge is 2.49. The van der Waals surface area contributed by atoms with E-state index in [1.807, 2.05) is 0 Å². The number of hydrogen-bond donors (Lipinski definition) is 1. The molecule has 1 aliphatic heterocycles. The summed E-state index contributed by atoms with van der Waals surface area (Å²) >= 11 is 0. The Morgan fingerprint density at radius 1 is 1.39 bits per heavy atom. The highest BCUT2D eigenvalue weighted by Crippen LogP contribution is 2.41. The van der Waals surface area contributed by atoms with Crippen molar-refractivity contribution in [3.63, 3.8) is 0 Å². The number of halogens is 5. The fraction of sp³-hybridized carbons (Fsp3) is 0.417. The minimum absolute atomic E-state index is 0.315. The largest absolute Gasteiger partial charge is 0.480 e. The summed E-state index contributed by atoms with van der Waals surface area (Å²) in [7, 11) is 0. The van der Waals surface area contributed by atoms with Crippen LogP contribution in [-0.2, 0) is 11.0 Å². The van der Waals surface area contributed by atoms with Crippen LogP contribution in [0.4, 0.5) is 33.3 Å². The second-order valence-electron chi connectivity index (χ2n) is 5.00. The Hall–Kier alpha value is -2.46. The van der Waals surface area contributed by atoms with Gasteiger partial charge in [-0.3, -0.25) is 10.1 Å². The molecule has 1 heterocycles. The first-order chi connectivity index (χ1) is 10.4. The van der Waals surface area contributed by atoms with Gasteiger partial charge >= 0.3 is 12.1 Å². The number of carboxylic acids is 1. The molecule has 0 saturated carbocycles. The van der Waals surface area contributed by atoms with Crippen molar-refractivity contribution in [2.45, 2.75) is 24.6 Å². The van der Waals surface area contributed by atoms with Crippen LogP contribution in [0.5, 0.6) is 0 Å². The van der Waals surface area contributed by atoms with Crippen molar-refractivity contribution in [2.24, 2.45) is 0 Å². The van der Waals surface area contributed by atoms with Gasteiger partial charge in [-0.2, -0.15) is 13.2 Å². The molecule has 11 heteroatoms. The molecular weight excluding hydrogens is 331 g/mol. The van der Waals surface area contributed by atoms with Gasteiger partial charge in [0.25, 0.3) is 11.6 Å². The Morgan fingerprint density at radius 2 is 2.00 bits per heavy atom. The molecule has 0 amide bonds. The van der Waals surface area contributed by atoms with Crippen LogP contribution in [-0.4, -0.2) is 34.5 Å². The first-order valence-electron chi connectivity index (χ1n) is 6.15. The number of nitrogens with zero attached hydrogens (tertiary/aromatic N) is 2. The molecule has 1 unspecified atom stereocenters. The third-order valence-electron chi connectivity index (χ3n) is 3.37. The normalized spacial score (nSPS) is 20.6. The second-order valence-corrected chi connectivity index (χ2v) is 5.00. The summed E-state index contributed by atoms with van der Waals surface area (Å²) in [6.07, 6.45) is -6.14. The molecule has 1 fully saturated rings. The first-order valence-corrected chi connectivity index (χ1v) is 6.15. The lowest BCUT2D eigenvalue weighted by Crippen LogP contribution is -2.36. The number of rotatable bonds is 3. The van der Waals surface area contributed by atoms with Crippen molar-refractivity contribution < 1.29 is 36.8 Å². The third kappa shape index (κ3) is 3.32. The number of carboxylic acid groups (broad SMARTS) is 1. The van der Waals surface area contributed by atoms with Crippen molar-refractivity contribution in [3.8, 4) is 0 Å². The molecular formula is C12H9F5N2O4. The Morgan fingerprint density at radius 3 is 2.48 bits per heavy atom. The summed E-state index contributed by atoms with van der Waals surface area (Å²) in [5, 5.41) is 19.6. The maximum absolute atomic E-state index is 13.4. The summed E-state index contributed by atoms with van der Waals surface area (Å²) in [5.41, 5.74) is -3.33. The predicted molar refractivity (Wildman–Crippen MR) is 66.4 cm³/mol. The zero-order chi connectivity index (χ0) is 17.6. The smallest absolute Gasteiger partial charge is 0.423 e. The van der Waals surface area contributed by atoms with Gasteiger partial charge in [0.1, 0.15) is 11.6 Å². The first kappa shape index (κ1) is 16.9. The van der Waals surface area contributed by atoms with Crippen LogP contribution in [0.15, 0.2) is 18.2 Å². The molecule has 1 aliphatic rings. The van der Waals surface area contributed by atoms with Gasteiger partial charge in [0.15, 0.2) is 0 Å². The van der Waals surface area contributed by atoms with E-state index in [1.165, 1.54) is 0 Å². The lowest BCUT2D eigenvalue weighted by atomic mass is 10.1. The molecule has 2 rings (SSSR count). The van der Waals surface area contributed by atoms with E-state index < -0.39 is 58.9 Å². The molecule has 1 saturated heterocycles. The van der Waals surface area contributed by atoms with Gasteiger partial charge in [-0.25, -0.2) is 13.6 Å². The van der Waals surface area contributed by atoms with Crippen LogP contribution < -0.4 is 4.90 Å². The number of aliphatic carboxylic acids is 1. The average molecular weight is 340 g/mol. The number of nitro benzene ring substituents is 1. The van der Waals surface area contributed by atoms with Crippen LogP contribution >= 0.6 is 0 Å². The maximum Gasteiger partial charge on any atom is 0.423 e. The molecule has 0 aromatic heterocycles. The van der Waals surface area contributed by atoms with Crippen molar-refractivity contribution in [3.05, 3.63) is 33.9 Å². The van der Waals surface area contributed by atoms with E-state index in [4.69, 9.17) is 5.11 Å². The molecule has 1 N–H and O–H groups in total. The van der Waals surface area contributed by atoms with Gasteiger partial charge in [-0.15, -0.1) is 0 Å². The van der Waals surface area contributed by atoms with E-state index in [9.17, 15) is 36.9 Å². The van der Waals surface area contributed by atoms with E-state index in [1.54, 1.807) is 0 Å². The molecule has 1 aromatic carbocycles. The van der Waals surface area contributed by atoms with Gasteiger partial charge in [0, 0.05) is 18.2 Å². The standard InChI is InChI=1S/C12H9F5N2O4/c13-11(14)4-9(10(20)21)18(5-11)6-1-2-8(19(22)23)7(3-6)12(15,16)17/h1-3,9H,4-5H2,(H,20,21). The van der Waals surface area contributed by atoms with Gasteiger partial charge in [0.2, 0.25) is 0 Å². The van der Waals surface area contributed by atoms with Crippen LogP contribution in [0.3, 0.4) is 0 Å². The number of benzene rings is 1. The minimum atomic E-state index is -5.08. The van der Waals surface area contributed by atoms with E-state index in [-0.39, 0.29) is 0 Å². The Balaban J connectivity index is 2.52. The lowest BCUT2D eigenvalue weighted by molar-refractivity contribution is -0.388. The molecule has 0 radical (unpaired) electrons. The van der Waals surface area contributed by atoms with Crippen molar-refractivity contribution in [1.29, 1.82) is 0 Å². The maximum atomic E-state index is 13.4. The number of nitro groups is 1. The Labute approximate surface area is 125 Å². The lowest BCUT2D eigenvalue weighted by Gasteiger charge is -2.23. The van der Waals surface area contributed by atoms with Crippen LogP contribution in [0, 0.1) is 10.1 Å². The number of alkyl halides is 5. The van der Waals surface area contributed by atoms with Gasteiger partial charge in [-0.1, -0.05) is 0 Å². The molecule has 1 aromatic rings. The van der Waals surface area contributed by atoms with Gasteiger partial charge in [0.05, 0.1) is 11.5 Å². The average Bonchev–Trinajstić information content (AvgIpc) is 2.73. The monoisotopic (exact) mass is 340 g/mol. The van der Waals surface area contributed by atoms with Crippen molar-refractivity contribution >= 4 is 17.3 Å². The fourth-order valence-corrected chi connectivity index (χ4v) is 2.40. The molecule has 0 spiro atoms. The van der Waals surface area contributed by atoms with Crippen LogP contribution in [0.2, 0.25) is 0 Å². The van der Waals surface area contributed by atoms with Gasteiger partial charge in [-0.05, 0) is 12.1 Å². The molecule has 1 atom stereocenters. The predicted octanol–water partition coefficient (Wildman–Crippen LogP) is 2.91. The highest BCUT2D eigenvalue weighted by atomic mass is 19.4. The molecule has 126 valence electrons. The number of hydrogen-bond acceptors (Lipinski definition) is 4. The van der Waals surface area contributed by atoms with Crippen LogP contribution in [0.1, 0.15) is 12.0 Å². The second kappa shape index (κ2) is 5.32. The van der Waals surface area contributed by atoms with Crippen molar-refractivity contribution in [1.82, 2.24) is 0 Å². The summed E-state index contributed by atoms with van der Waals surface area (Å²) < 4.78 is 65.5. The van der Waals surface area contributed by atoms with E-state index in [0.717, 1.165) is 6.07 Å². The van der Waals surface area contributed by atoms with E-state index >= 15 is 0 Å². The highest BCUT2D eigenvalue weighted by molar-refractivity contribution is 5.79. The quantitative estimate of drug-likeness (QED) is 0.520. The summed E-state index contributed by atoms with van der Waals surface area (Å²) in [6.45, 7) is -1.08. The molecule has 0 bridgehead atoms. The van der Waals surface area contributed by atoms with Crippen molar-refractivity contribution in [2.75, 3.05) is 11.4 Å². The van der Waals surface area contributed by atoms with E-state index in [0.29, 0.717) is 17.0 Å². The Kier molecular flexibility index (Phi) is 3.91. The third-order valence-corrected chi connectivity index (χ3v) is 3.37. The molecule has 0 aliphatic carbocycles. The summed E-state index contributed by atoms with van der Waals surface area (Å²) in [6, 6.07) is -0.0548. The topological polar surface area (TPSA) is 83.7 Å². The number of anilines is 1. The number of carbonyl (C=O) groups is 1. The Bertz CT molecular complexity index is 661. The zero-order valence-electron chi connectivity index (χ0n) is 11.2. The SMILES string of the molecule is O=C(O)C1CC(F)(F)CN1c1ccc([N+](=O)[O-])c(C(F)(F)F)c1. The summed E-state index contributed by atoms with van der Waals surface area (Å²) in [4.78, 5) is 21.0. The molecule has 23 heavy (non-hydrogen) atoms. The fourth-order valence-electron chi connectivity index (χ4n) is 2.40. The van der Waals surface area contributed by atoms with E-state index in [2.05, 4.69) is 0 Å².